The SMILES string of the molecule is CN=C(NCC(=O)N(C)CC(F)(F)F)NCC(C)Cc1cccs1.I. The molecular weight excluding hydrogens is 468 g/mol. The number of rotatable bonds is 7. The van der Waals surface area contributed by atoms with Gasteiger partial charge in [0.1, 0.15) is 6.54 Å². The molecule has 25 heavy (non-hydrogen) atoms. The summed E-state index contributed by atoms with van der Waals surface area (Å²) >= 11 is 1.70. The van der Waals surface area contributed by atoms with Crippen LogP contribution in [-0.4, -0.2) is 56.7 Å². The number of nitrogens with zero attached hydrogens (tertiary/aromatic N) is 2. The summed E-state index contributed by atoms with van der Waals surface area (Å²) in [6.45, 7) is 1.22. The number of carbonyl (C=O) groups excluding carboxylic acids is 1. The lowest BCUT2D eigenvalue weighted by Crippen LogP contribution is -2.46. The molecule has 1 unspecified atom stereocenters. The van der Waals surface area contributed by atoms with Crippen LogP contribution in [-0.2, 0) is 11.2 Å². The van der Waals surface area contributed by atoms with Crippen LogP contribution in [0.15, 0.2) is 22.5 Å². The van der Waals surface area contributed by atoms with Gasteiger partial charge in [0.05, 0.1) is 6.54 Å². The average Bonchev–Trinajstić information content (AvgIpc) is 2.98. The van der Waals surface area contributed by atoms with Gasteiger partial charge in [-0.05, 0) is 23.8 Å². The summed E-state index contributed by atoms with van der Waals surface area (Å²) in [4.78, 5) is 17.6. The van der Waals surface area contributed by atoms with E-state index in [-0.39, 0.29) is 30.5 Å². The van der Waals surface area contributed by atoms with E-state index in [1.165, 1.54) is 4.88 Å². The van der Waals surface area contributed by atoms with Gasteiger partial charge in [0.25, 0.3) is 0 Å². The van der Waals surface area contributed by atoms with Crippen LogP contribution in [0.5, 0.6) is 0 Å². The van der Waals surface area contributed by atoms with Crippen LogP contribution < -0.4 is 10.6 Å². The number of likely N-dealkylation sites (N-methyl/N-ethyl adjacent to an activating group) is 1. The number of aliphatic imine (C=N–C) groups is 1. The molecule has 1 amide bonds. The minimum Gasteiger partial charge on any atom is -0.356 e. The topological polar surface area (TPSA) is 56.7 Å². The highest BCUT2D eigenvalue weighted by molar-refractivity contribution is 14.0. The quantitative estimate of drug-likeness (QED) is 0.350. The predicted molar refractivity (Wildman–Crippen MR) is 106 cm³/mol. The molecule has 0 spiro atoms. The van der Waals surface area contributed by atoms with Gasteiger partial charge >= 0.3 is 6.18 Å². The van der Waals surface area contributed by atoms with Gasteiger partial charge in [-0.15, -0.1) is 35.3 Å². The highest BCUT2D eigenvalue weighted by Gasteiger charge is 2.31. The minimum atomic E-state index is -4.40. The van der Waals surface area contributed by atoms with E-state index in [9.17, 15) is 18.0 Å². The normalized spacial score (nSPS) is 13.0. The molecule has 2 N–H and O–H groups in total. The summed E-state index contributed by atoms with van der Waals surface area (Å²) in [6, 6.07) is 4.08. The molecule has 0 aliphatic rings. The Labute approximate surface area is 167 Å². The lowest BCUT2D eigenvalue weighted by Gasteiger charge is -2.20. The first-order valence-corrected chi connectivity index (χ1v) is 8.37. The van der Waals surface area contributed by atoms with Crippen molar-refractivity contribution in [3.8, 4) is 0 Å². The molecule has 0 radical (unpaired) electrons. The van der Waals surface area contributed by atoms with Gasteiger partial charge in [-0.1, -0.05) is 13.0 Å². The molecule has 1 heterocycles. The van der Waals surface area contributed by atoms with Crippen LogP contribution >= 0.6 is 35.3 Å². The summed E-state index contributed by atoms with van der Waals surface area (Å²) < 4.78 is 36.7. The molecule has 144 valence electrons. The molecule has 0 aliphatic heterocycles. The summed E-state index contributed by atoms with van der Waals surface area (Å²) in [5, 5.41) is 7.83. The average molecular weight is 492 g/mol. The maximum absolute atomic E-state index is 12.2. The van der Waals surface area contributed by atoms with E-state index in [4.69, 9.17) is 0 Å². The van der Waals surface area contributed by atoms with Gasteiger partial charge in [0.15, 0.2) is 5.96 Å². The molecule has 0 saturated heterocycles. The number of guanidine groups is 1. The number of nitrogens with one attached hydrogen (secondary N) is 2. The van der Waals surface area contributed by atoms with Gasteiger partial charge < -0.3 is 15.5 Å². The third-order valence-electron chi connectivity index (χ3n) is 3.22. The van der Waals surface area contributed by atoms with Gasteiger partial charge in [0.2, 0.25) is 5.91 Å². The van der Waals surface area contributed by atoms with Crippen molar-refractivity contribution in [2.75, 3.05) is 33.7 Å². The Balaban J connectivity index is 0.00000576. The highest BCUT2D eigenvalue weighted by atomic mass is 127. The van der Waals surface area contributed by atoms with Crippen LogP contribution in [0.1, 0.15) is 11.8 Å². The van der Waals surface area contributed by atoms with E-state index in [2.05, 4.69) is 28.6 Å². The van der Waals surface area contributed by atoms with E-state index >= 15 is 0 Å². The van der Waals surface area contributed by atoms with E-state index in [0.29, 0.717) is 23.3 Å². The van der Waals surface area contributed by atoms with Crippen molar-refractivity contribution in [3.63, 3.8) is 0 Å². The van der Waals surface area contributed by atoms with E-state index in [1.807, 2.05) is 11.4 Å². The lowest BCUT2D eigenvalue weighted by atomic mass is 10.1. The van der Waals surface area contributed by atoms with Crippen LogP contribution in [0, 0.1) is 5.92 Å². The fourth-order valence-electron chi connectivity index (χ4n) is 1.99. The zero-order chi connectivity index (χ0) is 18.2. The van der Waals surface area contributed by atoms with E-state index in [1.54, 1.807) is 18.4 Å². The molecule has 10 heteroatoms. The minimum absolute atomic E-state index is 0. The van der Waals surface area contributed by atoms with Gasteiger partial charge in [-0.25, -0.2) is 0 Å². The van der Waals surface area contributed by atoms with Crippen molar-refractivity contribution in [2.24, 2.45) is 10.9 Å². The van der Waals surface area contributed by atoms with Crippen molar-refractivity contribution in [1.29, 1.82) is 0 Å². The maximum Gasteiger partial charge on any atom is 0.406 e. The Morgan fingerprint density at radius 3 is 2.60 bits per heavy atom. The molecule has 5 nitrogen and oxygen atoms in total. The largest absolute Gasteiger partial charge is 0.406 e. The Bertz CT molecular complexity index is 537. The Kier molecular flexibility index (Phi) is 11.1. The molecule has 0 aromatic carbocycles. The molecule has 1 aromatic rings. The predicted octanol–water partition coefficient (Wildman–Crippen LogP) is 2.73. The third-order valence-corrected chi connectivity index (χ3v) is 4.12. The second-order valence-electron chi connectivity index (χ2n) is 5.56. The smallest absolute Gasteiger partial charge is 0.356 e. The first-order valence-electron chi connectivity index (χ1n) is 7.49. The molecule has 0 fully saturated rings. The molecule has 1 rings (SSSR count). The summed E-state index contributed by atoms with van der Waals surface area (Å²) in [7, 11) is 2.67. The second kappa shape index (κ2) is 11.6. The number of alkyl halides is 3. The molecule has 1 atom stereocenters. The first kappa shape index (κ1) is 24.0. The highest BCUT2D eigenvalue weighted by Crippen LogP contribution is 2.15. The van der Waals surface area contributed by atoms with Crippen LogP contribution in [0.4, 0.5) is 13.2 Å². The molecule has 0 aliphatic carbocycles. The molecule has 1 aromatic heterocycles. The monoisotopic (exact) mass is 492 g/mol. The Hall–Kier alpha value is -1.04. The van der Waals surface area contributed by atoms with Crippen molar-refractivity contribution < 1.29 is 18.0 Å². The lowest BCUT2D eigenvalue weighted by molar-refractivity contribution is -0.157. The van der Waals surface area contributed by atoms with E-state index < -0.39 is 18.6 Å². The number of hydrogen-bond acceptors (Lipinski definition) is 3. The van der Waals surface area contributed by atoms with Crippen LogP contribution in [0.25, 0.3) is 0 Å². The van der Waals surface area contributed by atoms with Gasteiger partial charge in [0, 0.05) is 25.5 Å². The van der Waals surface area contributed by atoms with Crippen molar-refractivity contribution in [2.45, 2.75) is 19.5 Å². The van der Waals surface area contributed by atoms with Gasteiger partial charge in [-0.2, -0.15) is 13.2 Å². The number of hydrogen-bond donors (Lipinski definition) is 2. The van der Waals surface area contributed by atoms with Crippen LogP contribution in [0.2, 0.25) is 0 Å². The van der Waals surface area contributed by atoms with E-state index in [0.717, 1.165) is 13.5 Å². The molecular formula is C15H24F3IN4OS. The summed E-state index contributed by atoms with van der Waals surface area (Å²) in [5.41, 5.74) is 0. The molecule has 0 bridgehead atoms. The van der Waals surface area contributed by atoms with Crippen LogP contribution in [0.3, 0.4) is 0 Å². The number of halogens is 4. The van der Waals surface area contributed by atoms with Crippen molar-refractivity contribution >= 4 is 47.2 Å². The van der Waals surface area contributed by atoms with Crippen molar-refractivity contribution in [3.05, 3.63) is 22.4 Å². The second-order valence-corrected chi connectivity index (χ2v) is 6.59. The van der Waals surface area contributed by atoms with Gasteiger partial charge in [-0.3, -0.25) is 9.79 Å². The summed E-state index contributed by atoms with van der Waals surface area (Å²) in [6.07, 6.45) is -3.48. The van der Waals surface area contributed by atoms with Crippen molar-refractivity contribution in [1.82, 2.24) is 15.5 Å². The first-order chi connectivity index (χ1) is 11.2. The fourth-order valence-corrected chi connectivity index (χ4v) is 2.86. The molecule has 0 saturated carbocycles. The number of thiophene rings is 1. The Morgan fingerprint density at radius 2 is 2.08 bits per heavy atom. The Morgan fingerprint density at radius 1 is 1.40 bits per heavy atom. The fraction of sp³-hybridized carbons (Fsp3) is 0.600. The third kappa shape index (κ3) is 10.5. The summed E-state index contributed by atoms with van der Waals surface area (Å²) in [5.74, 6) is 0.0921. The zero-order valence-electron chi connectivity index (χ0n) is 14.4. The number of carbonyl (C=O) groups is 1. The standard InChI is InChI=1S/C15H23F3N4OS.HI/c1-11(7-12-5-4-6-24-12)8-20-14(19-2)21-9-13(23)22(3)10-15(16,17)18;/h4-6,11H,7-10H2,1-3H3,(H2,19,20,21);1H. The zero-order valence-corrected chi connectivity index (χ0v) is 17.5. The number of amides is 1. The maximum atomic E-state index is 12.2.